The summed E-state index contributed by atoms with van der Waals surface area (Å²) in [5.74, 6) is 2.01. The van der Waals surface area contributed by atoms with Crippen molar-refractivity contribution < 1.29 is 13.9 Å². The van der Waals surface area contributed by atoms with E-state index in [-0.39, 0.29) is 11.9 Å². The third kappa shape index (κ3) is 3.86. The third-order valence-electron chi connectivity index (χ3n) is 5.63. The van der Waals surface area contributed by atoms with Crippen LogP contribution in [0.25, 0.3) is 21.3 Å². The second-order valence-corrected chi connectivity index (χ2v) is 8.33. The van der Waals surface area contributed by atoms with Gasteiger partial charge in [-0.15, -0.1) is 11.3 Å². The van der Waals surface area contributed by atoms with Gasteiger partial charge in [0.2, 0.25) is 0 Å². The third-order valence-corrected chi connectivity index (χ3v) is 6.51. The van der Waals surface area contributed by atoms with Gasteiger partial charge in [-0.3, -0.25) is 4.79 Å². The number of carbonyl (C=O) groups excluding carboxylic acids is 1. The zero-order chi connectivity index (χ0) is 21.2. The Labute approximate surface area is 183 Å². The van der Waals surface area contributed by atoms with Gasteiger partial charge in [-0.25, -0.2) is 9.97 Å². The molecule has 0 spiro atoms. The average Bonchev–Trinajstić information content (AvgIpc) is 3.50. The fourth-order valence-electron chi connectivity index (χ4n) is 3.94. The van der Waals surface area contributed by atoms with Crippen molar-refractivity contribution in [1.29, 1.82) is 0 Å². The number of nitrogens with one attached hydrogen (secondary N) is 1. The molecule has 1 aromatic carbocycles. The maximum atomic E-state index is 12.5. The van der Waals surface area contributed by atoms with Gasteiger partial charge in [0.1, 0.15) is 22.7 Å². The summed E-state index contributed by atoms with van der Waals surface area (Å²) in [7, 11) is 1.67. The molecule has 0 radical (unpaired) electrons. The second kappa shape index (κ2) is 8.39. The van der Waals surface area contributed by atoms with Gasteiger partial charge in [0.05, 0.1) is 18.8 Å². The summed E-state index contributed by atoms with van der Waals surface area (Å²) in [6, 6.07) is 11.7. The van der Waals surface area contributed by atoms with Gasteiger partial charge < -0.3 is 19.4 Å². The highest BCUT2D eigenvalue weighted by atomic mass is 32.1. The number of furan rings is 1. The van der Waals surface area contributed by atoms with Crippen molar-refractivity contribution in [2.24, 2.45) is 0 Å². The first kappa shape index (κ1) is 19.6. The largest absolute Gasteiger partial charge is 0.497 e. The van der Waals surface area contributed by atoms with Gasteiger partial charge in [0.25, 0.3) is 5.91 Å². The lowest BCUT2D eigenvalue weighted by molar-refractivity contribution is 0.0686. The molecule has 158 valence electrons. The standard InChI is InChI=1S/C23H22N4O3S/c1-29-17-6-4-15(5-7-17)18-13-31-22-20(18)21(24-14-25-22)26-16-8-10-27(11-9-16)23(28)19-3-2-12-30-19/h2-7,12-14,16H,8-11H2,1H3,(H,24,25,26). The SMILES string of the molecule is COc1ccc(-c2csc3ncnc(NC4CCN(C(=O)c5ccco5)CC4)c23)cc1. The summed E-state index contributed by atoms with van der Waals surface area (Å²) < 4.78 is 10.5. The highest BCUT2D eigenvalue weighted by molar-refractivity contribution is 7.17. The number of hydrogen-bond donors (Lipinski definition) is 1. The maximum Gasteiger partial charge on any atom is 0.289 e. The van der Waals surface area contributed by atoms with Crippen LogP contribution >= 0.6 is 11.3 Å². The van der Waals surface area contributed by atoms with Crippen molar-refractivity contribution in [3.05, 3.63) is 60.1 Å². The molecule has 1 fully saturated rings. The number of likely N-dealkylation sites (tertiary alicyclic amines) is 1. The monoisotopic (exact) mass is 434 g/mol. The number of methoxy groups -OCH3 is 1. The lowest BCUT2D eigenvalue weighted by Crippen LogP contribution is -2.42. The van der Waals surface area contributed by atoms with Crippen molar-refractivity contribution in [2.75, 3.05) is 25.5 Å². The maximum absolute atomic E-state index is 12.5. The minimum Gasteiger partial charge on any atom is -0.497 e. The van der Waals surface area contributed by atoms with Crippen LogP contribution in [-0.4, -0.2) is 47.0 Å². The number of hydrogen-bond acceptors (Lipinski definition) is 7. The molecular weight excluding hydrogens is 412 g/mol. The molecule has 4 aromatic rings. The molecule has 0 unspecified atom stereocenters. The average molecular weight is 435 g/mol. The van der Waals surface area contributed by atoms with E-state index in [0.29, 0.717) is 18.8 Å². The van der Waals surface area contributed by atoms with E-state index < -0.39 is 0 Å². The highest BCUT2D eigenvalue weighted by Crippen LogP contribution is 2.37. The molecule has 0 saturated carbocycles. The number of anilines is 1. The van der Waals surface area contributed by atoms with E-state index >= 15 is 0 Å². The van der Waals surface area contributed by atoms with E-state index in [9.17, 15) is 4.79 Å². The predicted octanol–water partition coefficient (Wildman–Crippen LogP) is 4.68. The Morgan fingerprint density at radius 2 is 2.00 bits per heavy atom. The van der Waals surface area contributed by atoms with Gasteiger partial charge in [0.15, 0.2) is 5.76 Å². The van der Waals surface area contributed by atoms with Gasteiger partial charge >= 0.3 is 0 Å². The number of fused-ring (bicyclic) bond motifs is 1. The Kier molecular flexibility index (Phi) is 5.30. The Balaban J connectivity index is 1.34. The summed E-state index contributed by atoms with van der Waals surface area (Å²) in [5, 5.41) is 6.76. The molecule has 4 heterocycles. The Morgan fingerprint density at radius 1 is 1.19 bits per heavy atom. The van der Waals surface area contributed by atoms with Crippen molar-refractivity contribution in [3.8, 4) is 16.9 Å². The number of thiophene rings is 1. The second-order valence-electron chi connectivity index (χ2n) is 7.47. The van der Waals surface area contributed by atoms with Crippen molar-refractivity contribution in [1.82, 2.24) is 14.9 Å². The smallest absolute Gasteiger partial charge is 0.289 e. The van der Waals surface area contributed by atoms with Crippen molar-refractivity contribution >= 4 is 33.3 Å². The fourth-order valence-corrected chi connectivity index (χ4v) is 4.86. The number of rotatable bonds is 5. The summed E-state index contributed by atoms with van der Waals surface area (Å²) in [4.78, 5) is 24.3. The molecule has 1 aliphatic heterocycles. The van der Waals surface area contributed by atoms with Gasteiger partial charge in [-0.05, 0) is 42.7 Å². The number of piperidine rings is 1. The van der Waals surface area contributed by atoms with E-state index in [1.807, 2.05) is 17.0 Å². The topological polar surface area (TPSA) is 80.5 Å². The first-order valence-electron chi connectivity index (χ1n) is 10.2. The van der Waals surface area contributed by atoms with Crippen LogP contribution < -0.4 is 10.1 Å². The lowest BCUT2D eigenvalue weighted by atomic mass is 10.0. The van der Waals surface area contributed by atoms with E-state index in [4.69, 9.17) is 9.15 Å². The summed E-state index contributed by atoms with van der Waals surface area (Å²) >= 11 is 1.61. The Bertz CT molecular complexity index is 1180. The Morgan fingerprint density at radius 3 is 2.71 bits per heavy atom. The molecule has 0 aliphatic carbocycles. The minimum absolute atomic E-state index is 0.0486. The van der Waals surface area contributed by atoms with E-state index in [1.54, 1.807) is 36.9 Å². The Hall–Kier alpha value is -3.39. The van der Waals surface area contributed by atoms with Crippen molar-refractivity contribution in [2.45, 2.75) is 18.9 Å². The summed E-state index contributed by atoms with van der Waals surface area (Å²) in [5.41, 5.74) is 2.21. The molecule has 7 nitrogen and oxygen atoms in total. The highest BCUT2D eigenvalue weighted by Gasteiger charge is 2.26. The number of benzene rings is 1. The zero-order valence-corrected chi connectivity index (χ0v) is 17.9. The molecule has 1 aliphatic rings. The minimum atomic E-state index is -0.0486. The quantitative estimate of drug-likeness (QED) is 0.491. The summed E-state index contributed by atoms with van der Waals surface area (Å²) in [6.07, 6.45) is 4.83. The number of ether oxygens (including phenoxy) is 1. The normalized spacial score (nSPS) is 14.7. The van der Waals surface area contributed by atoms with Crippen LogP contribution in [0.5, 0.6) is 5.75 Å². The molecule has 0 atom stereocenters. The molecule has 3 aromatic heterocycles. The number of nitrogens with zero attached hydrogens (tertiary/aromatic N) is 3. The molecule has 0 bridgehead atoms. The van der Waals surface area contributed by atoms with Gasteiger partial charge in [-0.1, -0.05) is 12.1 Å². The van der Waals surface area contributed by atoms with Crippen LogP contribution in [-0.2, 0) is 0 Å². The van der Waals surface area contributed by atoms with Crippen LogP contribution in [0.3, 0.4) is 0 Å². The molecule has 1 N–H and O–H groups in total. The molecule has 31 heavy (non-hydrogen) atoms. The van der Waals surface area contributed by atoms with Crippen LogP contribution in [0, 0.1) is 0 Å². The number of aromatic nitrogens is 2. The van der Waals surface area contributed by atoms with Crippen LogP contribution in [0.15, 0.2) is 58.8 Å². The summed E-state index contributed by atoms with van der Waals surface area (Å²) in [6.45, 7) is 1.36. The predicted molar refractivity (Wildman–Crippen MR) is 121 cm³/mol. The van der Waals surface area contributed by atoms with E-state index in [1.165, 1.54) is 6.26 Å². The molecular formula is C23H22N4O3S. The van der Waals surface area contributed by atoms with Crippen LogP contribution in [0.1, 0.15) is 23.4 Å². The van der Waals surface area contributed by atoms with E-state index in [2.05, 4.69) is 32.8 Å². The van der Waals surface area contributed by atoms with E-state index in [0.717, 1.165) is 45.8 Å². The fraction of sp³-hybridized carbons (Fsp3) is 0.261. The van der Waals surface area contributed by atoms with Crippen LogP contribution in [0.2, 0.25) is 0 Å². The number of carbonyl (C=O) groups is 1. The molecule has 1 saturated heterocycles. The first-order valence-corrected chi connectivity index (χ1v) is 11.1. The molecule has 8 heteroatoms. The van der Waals surface area contributed by atoms with Crippen molar-refractivity contribution in [3.63, 3.8) is 0 Å². The van der Waals surface area contributed by atoms with Gasteiger partial charge in [-0.2, -0.15) is 0 Å². The van der Waals surface area contributed by atoms with Crippen LogP contribution in [0.4, 0.5) is 5.82 Å². The first-order chi connectivity index (χ1) is 15.2. The lowest BCUT2D eigenvalue weighted by Gasteiger charge is -2.32. The zero-order valence-electron chi connectivity index (χ0n) is 17.1. The molecule has 1 amide bonds. The number of amides is 1. The molecule has 5 rings (SSSR count). The van der Waals surface area contributed by atoms with Gasteiger partial charge in [0, 0.05) is 30.1 Å².